The largest absolute Gasteiger partial charge is 0.465 e. The Morgan fingerprint density at radius 3 is 1.38 bits per heavy atom. The highest BCUT2D eigenvalue weighted by Crippen LogP contribution is 2.30. The Morgan fingerprint density at radius 1 is 0.682 bits per heavy atom. The summed E-state index contributed by atoms with van der Waals surface area (Å²) < 4.78 is 95.5. The van der Waals surface area contributed by atoms with Gasteiger partial charge in [-0.1, -0.05) is 23.2 Å². The molecule has 0 aliphatic carbocycles. The van der Waals surface area contributed by atoms with Gasteiger partial charge in [0.1, 0.15) is 17.4 Å². The van der Waals surface area contributed by atoms with Crippen molar-refractivity contribution in [3.05, 3.63) is 117 Å². The first-order chi connectivity index (χ1) is 30.7. The van der Waals surface area contributed by atoms with Crippen LogP contribution in [0.4, 0.5) is 20.2 Å². The van der Waals surface area contributed by atoms with Crippen molar-refractivity contribution in [3.8, 4) is 0 Å². The number of methoxy groups -OCH3 is 2. The zero-order valence-electron chi connectivity index (χ0n) is 37.1. The molecule has 24 heteroatoms. The summed E-state index contributed by atoms with van der Waals surface area (Å²) >= 11 is 11.8. The number of piperazine rings is 2. The number of carbonyl (C=O) groups excluding carboxylic acids is 3. The summed E-state index contributed by atoms with van der Waals surface area (Å²) in [7, 11) is -5.35. The van der Waals surface area contributed by atoms with E-state index in [2.05, 4.69) is 43.5 Å². The van der Waals surface area contributed by atoms with Crippen LogP contribution in [0, 0.1) is 11.6 Å². The number of nitrogens with one attached hydrogen (secondary N) is 1. The van der Waals surface area contributed by atoms with Gasteiger partial charge in [0.05, 0.1) is 71.2 Å². The highest BCUT2D eigenvalue weighted by Gasteiger charge is 2.35. The number of ether oxygens (including phenoxy) is 2. The van der Waals surface area contributed by atoms with E-state index in [-0.39, 0.29) is 63.8 Å². The number of aromatic nitrogens is 2. The molecule has 4 heterocycles. The third-order valence-corrected chi connectivity index (χ3v) is 14.2. The Balaban J connectivity index is 0.000000321. The first kappa shape index (κ1) is 55.7. The molecule has 2 aliphatic heterocycles. The molecule has 6 rings (SSSR count). The van der Waals surface area contributed by atoms with Crippen LogP contribution in [0.5, 0.6) is 0 Å². The van der Waals surface area contributed by atoms with Gasteiger partial charge in [-0.05, 0) is 88.4 Å². The highest BCUT2D eigenvalue weighted by atomic mass is 35.5. The Hall–Kier alpha value is -4.58. The fraction of sp³-hybridized carbons (Fsp3) is 0.405. The highest BCUT2D eigenvalue weighted by molar-refractivity contribution is 7.90. The summed E-state index contributed by atoms with van der Waals surface area (Å²) in [5, 5.41) is 2.74. The van der Waals surface area contributed by atoms with E-state index in [1.165, 1.54) is 91.5 Å². The van der Waals surface area contributed by atoms with Crippen molar-refractivity contribution in [3.63, 3.8) is 0 Å². The summed E-state index contributed by atoms with van der Waals surface area (Å²) in [4.78, 5) is 43.2. The van der Waals surface area contributed by atoms with Gasteiger partial charge in [-0.25, -0.2) is 18.4 Å². The molecule has 4 aromatic rings. The number of halogens is 5. The Labute approximate surface area is 400 Å². The van der Waals surface area contributed by atoms with Crippen molar-refractivity contribution >= 4 is 85.1 Å². The van der Waals surface area contributed by atoms with Crippen LogP contribution in [0.3, 0.4) is 0 Å². The van der Waals surface area contributed by atoms with Crippen molar-refractivity contribution in [2.75, 3.05) is 75.2 Å². The maximum absolute atomic E-state index is 13.7. The van der Waals surface area contributed by atoms with Gasteiger partial charge in [0.15, 0.2) is 0 Å². The number of Topliss-reactive ketones (excluding diaryl/α,β-unsaturated/α-hetero) is 1. The number of ketones is 1. The molecule has 0 atom stereocenters. The van der Waals surface area contributed by atoms with Crippen LogP contribution in [-0.2, 0) is 47.8 Å². The molecule has 0 spiro atoms. The molecule has 1 N–H and O–H groups in total. The van der Waals surface area contributed by atoms with Crippen molar-refractivity contribution in [2.24, 2.45) is 0 Å². The van der Waals surface area contributed by atoms with Gasteiger partial charge in [0.2, 0.25) is 0 Å². The Morgan fingerprint density at radius 2 is 1.06 bits per heavy atom. The SMILES string of the molecule is CC(C)=O.COC(=O)c1ccc(CN(c2ccc(F)c(Cl)c2)S(=O)(=O)N2CCN(C(C)C)CC2)nc1.COC(=O)c1ccc(CN(c2ccc(F)c(Cl)c2)S(=O)(=O)N2CCNCC2)nc1.Cl. The van der Waals surface area contributed by atoms with Gasteiger partial charge in [-0.2, -0.15) is 25.4 Å². The third kappa shape index (κ3) is 15.2. The van der Waals surface area contributed by atoms with E-state index in [9.17, 15) is 40.0 Å². The Kier molecular flexibility index (Phi) is 21.6. The molecule has 2 aromatic heterocycles. The molecule has 2 fully saturated rings. The number of esters is 2. The number of hydrogen-bond acceptors (Lipinski definition) is 13. The van der Waals surface area contributed by atoms with E-state index in [0.717, 1.165) is 20.7 Å². The van der Waals surface area contributed by atoms with Gasteiger partial charge >= 0.3 is 32.4 Å². The molecule has 0 radical (unpaired) electrons. The van der Waals surface area contributed by atoms with Crippen LogP contribution < -0.4 is 13.9 Å². The standard InChI is InChI=1S/C21H26ClFN4O4S.C18H20ClFN4O4S.C3H6O.ClH/c1-15(2)25-8-10-26(11-9-25)32(29,30)27(18-6-7-20(23)19(22)12-18)14-17-5-4-16(13-24-17)21(28)31-3;1-28-18(25)13-2-3-14(22-11-13)12-24(15-4-5-17(20)16(19)10-15)29(26,27)23-8-6-21-7-9-23;1-3(2)4;/h4-7,12-13,15H,8-11,14H2,1-3H3;2-5,10-11,21H,6-9,12H2,1H3;1-2H3;1H. The van der Waals surface area contributed by atoms with Gasteiger partial charge in [0, 0.05) is 70.8 Å². The monoisotopic (exact) mass is 1020 g/mol. The molecular weight excluding hydrogens is 969 g/mol. The molecule has 17 nitrogen and oxygen atoms in total. The molecule has 362 valence electrons. The first-order valence-corrected chi connectivity index (χ1v) is 23.7. The summed E-state index contributed by atoms with van der Waals surface area (Å²) in [5.74, 6) is -2.20. The zero-order valence-corrected chi connectivity index (χ0v) is 41.1. The first-order valence-electron chi connectivity index (χ1n) is 20.1. The topological polar surface area (TPSA) is 192 Å². The molecule has 2 saturated heterocycles. The fourth-order valence-corrected chi connectivity index (χ4v) is 9.83. The second kappa shape index (κ2) is 25.5. The van der Waals surface area contributed by atoms with Gasteiger partial charge in [-0.15, -0.1) is 12.4 Å². The number of carbonyl (C=O) groups is 3. The Bertz CT molecular complexity index is 2480. The second-order valence-electron chi connectivity index (χ2n) is 14.9. The number of pyridine rings is 2. The van der Waals surface area contributed by atoms with E-state index < -0.39 is 44.0 Å². The van der Waals surface area contributed by atoms with E-state index in [0.29, 0.717) is 69.8 Å². The number of nitrogens with zero attached hydrogens (tertiary/aromatic N) is 7. The van der Waals surface area contributed by atoms with E-state index in [1.54, 1.807) is 6.07 Å². The lowest BCUT2D eigenvalue weighted by Crippen LogP contribution is -2.54. The molecule has 66 heavy (non-hydrogen) atoms. The minimum atomic E-state index is -3.96. The average molecular weight is 1020 g/mol. The fourth-order valence-electron chi connectivity index (χ4n) is 6.30. The third-order valence-electron chi connectivity index (χ3n) is 9.77. The van der Waals surface area contributed by atoms with Gasteiger partial charge in [0.25, 0.3) is 0 Å². The number of anilines is 2. The molecule has 0 unspecified atom stereocenters. The summed E-state index contributed by atoms with van der Waals surface area (Å²) in [6, 6.07) is 13.9. The van der Waals surface area contributed by atoms with Crippen LogP contribution in [-0.4, -0.2) is 131 Å². The molecule has 2 aromatic carbocycles. The van der Waals surface area contributed by atoms with Crippen LogP contribution in [0.15, 0.2) is 73.1 Å². The molecule has 0 bridgehead atoms. The summed E-state index contributed by atoms with van der Waals surface area (Å²) in [6.07, 6.45) is 2.64. The smallest absolute Gasteiger partial charge is 0.339 e. The van der Waals surface area contributed by atoms with E-state index in [1.807, 2.05) is 0 Å². The normalized spacial score (nSPS) is 14.7. The van der Waals surface area contributed by atoms with Crippen molar-refractivity contribution in [1.29, 1.82) is 0 Å². The summed E-state index contributed by atoms with van der Waals surface area (Å²) in [5.41, 5.74) is 1.74. The van der Waals surface area contributed by atoms with Gasteiger partial charge in [-0.3, -0.25) is 23.5 Å². The van der Waals surface area contributed by atoms with Crippen LogP contribution in [0.2, 0.25) is 10.0 Å². The number of rotatable bonds is 13. The van der Waals surface area contributed by atoms with Crippen molar-refractivity contribution in [2.45, 2.75) is 46.8 Å². The molecule has 0 saturated carbocycles. The molecule has 0 amide bonds. The zero-order chi connectivity index (χ0) is 48.1. The lowest BCUT2D eigenvalue weighted by molar-refractivity contribution is -0.115. The molecule has 2 aliphatic rings. The van der Waals surface area contributed by atoms with E-state index in [4.69, 9.17) is 23.2 Å². The number of benzene rings is 2. The second-order valence-corrected chi connectivity index (χ2v) is 19.4. The maximum atomic E-state index is 13.7. The summed E-state index contributed by atoms with van der Waals surface area (Å²) in [6.45, 7) is 10.5. The predicted octanol–water partition coefficient (Wildman–Crippen LogP) is 5.77. The minimum Gasteiger partial charge on any atom is -0.465 e. The van der Waals surface area contributed by atoms with Crippen LogP contribution in [0.25, 0.3) is 0 Å². The predicted molar refractivity (Wildman–Crippen MR) is 251 cm³/mol. The lowest BCUT2D eigenvalue weighted by atomic mass is 10.2. The lowest BCUT2D eigenvalue weighted by Gasteiger charge is -2.38. The maximum Gasteiger partial charge on any atom is 0.339 e. The van der Waals surface area contributed by atoms with Gasteiger partial charge < -0.3 is 19.6 Å². The quantitative estimate of drug-likeness (QED) is 0.159. The molecular formula is C42H53Cl3F2N8O9S2. The van der Waals surface area contributed by atoms with E-state index >= 15 is 0 Å². The number of hydrogen-bond donors (Lipinski definition) is 1. The average Bonchev–Trinajstić information content (AvgIpc) is 3.29. The van der Waals surface area contributed by atoms with Crippen LogP contribution >= 0.6 is 35.6 Å². The minimum absolute atomic E-state index is 0. The van der Waals surface area contributed by atoms with Crippen molar-refractivity contribution < 1.29 is 49.5 Å². The van der Waals surface area contributed by atoms with Crippen molar-refractivity contribution in [1.82, 2.24) is 28.8 Å². The van der Waals surface area contributed by atoms with Crippen LogP contribution in [0.1, 0.15) is 59.8 Å².